The van der Waals surface area contributed by atoms with Crippen molar-refractivity contribution in [2.45, 2.75) is 39.0 Å². The number of benzene rings is 1. The van der Waals surface area contributed by atoms with Crippen molar-refractivity contribution in [3.63, 3.8) is 0 Å². The van der Waals surface area contributed by atoms with Crippen LogP contribution in [0.5, 0.6) is 11.5 Å². The predicted octanol–water partition coefficient (Wildman–Crippen LogP) is 5.36. The van der Waals surface area contributed by atoms with Gasteiger partial charge in [-0.15, -0.1) is 0 Å². The summed E-state index contributed by atoms with van der Waals surface area (Å²) in [6.07, 6.45) is 7.49. The molecule has 1 aromatic rings. The lowest BCUT2D eigenvalue weighted by Gasteiger charge is -2.25. The van der Waals surface area contributed by atoms with Crippen LogP contribution in [0.1, 0.15) is 44.6 Å². The zero-order valence-electron chi connectivity index (χ0n) is 15.6. The van der Waals surface area contributed by atoms with Crippen LogP contribution in [0.25, 0.3) is 6.08 Å². The molecule has 1 saturated carbocycles. The number of hydrogen-bond donors (Lipinski definition) is 0. The highest BCUT2D eigenvalue weighted by Gasteiger charge is 2.36. The summed E-state index contributed by atoms with van der Waals surface area (Å²) in [5, 5.41) is 0.206. The molecule has 1 heterocycles. The third-order valence-corrected chi connectivity index (χ3v) is 6.06. The predicted molar refractivity (Wildman–Crippen MR) is 108 cm³/mol. The molecule has 0 spiro atoms. The quantitative estimate of drug-likeness (QED) is 0.591. The summed E-state index contributed by atoms with van der Waals surface area (Å²) >= 11 is 7.26. The Bertz CT molecular complexity index is 759. The first-order valence-electron chi connectivity index (χ1n) is 9.29. The number of carbonyl (C=O) groups excluding carboxylic acids is 2. The Morgan fingerprint density at radius 3 is 2.67 bits per heavy atom. The number of carbonyl (C=O) groups is 2. The molecule has 2 fully saturated rings. The second-order valence-electron chi connectivity index (χ2n) is 6.76. The van der Waals surface area contributed by atoms with E-state index in [2.05, 4.69) is 0 Å². The van der Waals surface area contributed by atoms with Gasteiger partial charge in [-0.25, -0.2) is 0 Å². The molecule has 2 aliphatic rings. The Labute approximate surface area is 169 Å². The molecule has 0 aromatic heterocycles. The van der Waals surface area contributed by atoms with Crippen molar-refractivity contribution in [2.75, 3.05) is 20.3 Å². The molecule has 0 atom stereocenters. The van der Waals surface area contributed by atoms with E-state index in [1.165, 1.54) is 31.3 Å². The molecule has 0 bridgehead atoms. The highest BCUT2D eigenvalue weighted by atomic mass is 35.5. The first kappa shape index (κ1) is 20.1. The molecule has 7 heteroatoms. The lowest BCUT2D eigenvalue weighted by Crippen LogP contribution is -2.34. The van der Waals surface area contributed by atoms with Gasteiger partial charge in [-0.3, -0.25) is 14.5 Å². The fourth-order valence-corrected chi connectivity index (χ4v) is 4.71. The normalized spacial score (nSPS) is 19.8. The van der Waals surface area contributed by atoms with Crippen LogP contribution in [0.4, 0.5) is 4.79 Å². The van der Waals surface area contributed by atoms with Crippen molar-refractivity contribution in [1.29, 1.82) is 0 Å². The fourth-order valence-electron chi connectivity index (χ4n) is 3.57. The summed E-state index contributed by atoms with van der Waals surface area (Å²) in [6.45, 7) is 2.86. The average molecular weight is 410 g/mol. The zero-order chi connectivity index (χ0) is 19.4. The van der Waals surface area contributed by atoms with E-state index in [-0.39, 0.29) is 11.1 Å². The van der Waals surface area contributed by atoms with Gasteiger partial charge in [0.25, 0.3) is 11.1 Å². The van der Waals surface area contributed by atoms with E-state index in [4.69, 9.17) is 21.1 Å². The molecule has 27 heavy (non-hydrogen) atoms. The van der Waals surface area contributed by atoms with Crippen LogP contribution in [-0.4, -0.2) is 36.3 Å². The highest BCUT2D eigenvalue weighted by Crippen LogP contribution is 2.39. The van der Waals surface area contributed by atoms with E-state index in [0.29, 0.717) is 46.1 Å². The van der Waals surface area contributed by atoms with Gasteiger partial charge in [-0.2, -0.15) is 0 Å². The summed E-state index contributed by atoms with van der Waals surface area (Å²) in [4.78, 5) is 26.9. The van der Waals surface area contributed by atoms with Gasteiger partial charge < -0.3 is 9.47 Å². The van der Waals surface area contributed by atoms with E-state index >= 15 is 0 Å². The smallest absolute Gasteiger partial charge is 0.293 e. The van der Waals surface area contributed by atoms with E-state index < -0.39 is 0 Å². The van der Waals surface area contributed by atoms with Gasteiger partial charge in [0, 0.05) is 6.54 Å². The van der Waals surface area contributed by atoms with Crippen LogP contribution in [0, 0.1) is 5.92 Å². The molecule has 1 saturated heterocycles. The molecule has 1 aliphatic carbocycles. The van der Waals surface area contributed by atoms with Gasteiger partial charge >= 0.3 is 0 Å². The number of thioether (sulfide) groups is 1. The number of hydrogen-bond acceptors (Lipinski definition) is 5. The van der Waals surface area contributed by atoms with E-state index in [0.717, 1.165) is 24.6 Å². The largest absolute Gasteiger partial charge is 0.491 e. The SMILES string of the molecule is CCOc1cc(/C=C2/SC(=O)N(CC3CCCCC3)C2=O)cc(Cl)c1OC. The van der Waals surface area contributed by atoms with Crippen LogP contribution < -0.4 is 9.47 Å². The monoisotopic (exact) mass is 409 g/mol. The van der Waals surface area contributed by atoms with Crippen LogP contribution in [0.2, 0.25) is 5.02 Å². The second-order valence-corrected chi connectivity index (χ2v) is 8.16. The summed E-state index contributed by atoms with van der Waals surface area (Å²) in [5.74, 6) is 1.17. The lowest BCUT2D eigenvalue weighted by molar-refractivity contribution is -0.123. The Hall–Kier alpha value is -1.66. The number of nitrogens with zero attached hydrogens (tertiary/aromatic N) is 1. The van der Waals surface area contributed by atoms with Gasteiger partial charge in [0.15, 0.2) is 11.5 Å². The first-order chi connectivity index (χ1) is 13.0. The summed E-state index contributed by atoms with van der Waals surface area (Å²) < 4.78 is 10.9. The van der Waals surface area contributed by atoms with Crippen LogP contribution in [-0.2, 0) is 4.79 Å². The molecule has 1 aromatic carbocycles. The maximum Gasteiger partial charge on any atom is 0.293 e. The number of imide groups is 1. The molecule has 146 valence electrons. The molecule has 5 nitrogen and oxygen atoms in total. The van der Waals surface area contributed by atoms with Crippen molar-refractivity contribution in [3.8, 4) is 11.5 Å². The van der Waals surface area contributed by atoms with E-state index in [1.54, 1.807) is 18.2 Å². The maximum absolute atomic E-state index is 12.7. The van der Waals surface area contributed by atoms with E-state index in [9.17, 15) is 9.59 Å². The van der Waals surface area contributed by atoms with Gasteiger partial charge in [0.05, 0.1) is 23.6 Å². The standard InChI is InChI=1S/C20H24ClNO4S/c1-3-26-16-10-14(9-15(21)18(16)25-2)11-17-19(23)22(20(24)27-17)12-13-7-5-4-6-8-13/h9-11,13H,3-8,12H2,1-2H3/b17-11+. The van der Waals surface area contributed by atoms with Crippen LogP contribution in [0.3, 0.4) is 0 Å². The number of methoxy groups -OCH3 is 1. The second kappa shape index (κ2) is 9.02. The molecular formula is C20H24ClNO4S. The van der Waals surface area contributed by atoms with Crippen molar-refractivity contribution in [3.05, 3.63) is 27.6 Å². The molecule has 3 rings (SSSR count). The number of amides is 2. The Kier molecular flexibility index (Phi) is 6.71. The molecule has 0 N–H and O–H groups in total. The van der Waals surface area contributed by atoms with Crippen molar-refractivity contribution in [1.82, 2.24) is 4.90 Å². The van der Waals surface area contributed by atoms with Crippen LogP contribution in [0.15, 0.2) is 17.0 Å². The average Bonchev–Trinajstić information content (AvgIpc) is 2.90. The number of ether oxygens (including phenoxy) is 2. The van der Waals surface area contributed by atoms with Crippen LogP contribution >= 0.6 is 23.4 Å². The highest BCUT2D eigenvalue weighted by molar-refractivity contribution is 8.18. The summed E-state index contributed by atoms with van der Waals surface area (Å²) in [5.41, 5.74) is 0.701. The van der Waals surface area contributed by atoms with Gasteiger partial charge in [-0.05, 0) is 61.2 Å². The minimum absolute atomic E-state index is 0.193. The molecular weight excluding hydrogens is 386 g/mol. The topological polar surface area (TPSA) is 55.8 Å². The lowest BCUT2D eigenvalue weighted by atomic mass is 9.89. The van der Waals surface area contributed by atoms with Crippen molar-refractivity contribution >= 4 is 40.6 Å². The summed E-state index contributed by atoms with van der Waals surface area (Å²) in [7, 11) is 1.53. The van der Waals surface area contributed by atoms with Gasteiger partial charge in [0.1, 0.15) is 0 Å². The Morgan fingerprint density at radius 1 is 1.26 bits per heavy atom. The van der Waals surface area contributed by atoms with Gasteiger partial charge in [0.2, 0.25) is 0 Å². The molecule has 0 unspecified atom stereocenters. The Morgan fingerprint density at radius 2 is 2.00 bits per heavy atom. The van der Waals surface area contributed by atoms with Crippen molar-refractivity contribution < 1.29 is 19.1 Å². The number of halogens is 1. The first-order valence-corrected chi connectivity index (χ1v) is 10.5. The van der Waals surface area contributed by atoms with Crippen molar-refractivity contribution in [2.24, 2.45) is 5.92 Å². The zero-order valence-corrected chi connectivity index (χ0v) is 17.2. The minimum atomic E-state index is -0.222. The molecule has 0 radical (unpaired) electrons. The fraction of sp³-hybridized carbons (Fsp3) is 0.500. The molecule has 1 aliphatic heterocycles. The Balaban J connectivity index is 1.80. The third kappa shape index (κ3) is 4.61. The van der Waals surface area contributed by atoms with E-state index in [1.807, 2.05) is 6.92 Å². The third-order valence-electron chi connectivity index (χ3n) is 4.87. The number of rotatable bonds is 6. The maximum atomic E-state index is 12.7. The minimum Gasteiger partial charge on any atom is -0.491 e. The molecule has 2 amide bonds. The van der Waals surface area contributed by atoms with Gasteiger partial charge in [-0.1, -0.05) is 30.9 Å². The summed E-state index contributed by atoms with van der Waals surface area (Å²) in [6, 6.07) is 3.47.